The van der Waals surface area contributed by atoms with E-state index in [1.807, 2.05) is 13.8 Å². The monoisotopic (exact) mass is 211 g/mol. The number of aromatic amines is 1. The zero-order valence-corrected chi connectivity index (χ0v) is 9.28. The number of aromatic nitrogens is 2. The van der Waals surface area contributed by atoms with Gasteiger partial charge in [-0.15, -0.1) is 0 Å². The van der Waals surface area contributed by atoms with Crippen LogP contribution >= 0.6 is 0 Å². The summed E-state index contributed by atoms with van der Waals surface area (Å²) in [4.78, 5) is 11.7. The molecule has 1 rings (SSSR count). The van der Waals surface area contributed by atoms with E-state index in [4.69, 9.17) is 4.74 Å². The SMILES string of the molecule is COCC(NC(=O)c1cn[nH]c1)C(C)C. The van der Waals surface area contributed by atoms with Crippen LogP contribution in [0.4, 0.5) is 0 Å². The lowest BCUT2D eigenvalue weighted by Gasteiger charge is -2.20. The maximum atomic E-state index is 11.7. The molecule has 5 heteroatoms. The lowest BCUT2D eigenvalue weighted by atomic mass is 10.1. The van der Waals surface area contributed by atoms with Gasteiger partial charge in [0.15, 0.2) is 0 Å². The molecule has 0 spiro atoms. The summed E-state index contributed by atoms with van der Waals surface area (Å²) < 4.78 is 5.05. The van der Waals surface area contributed by atoms with Gasteiger partial charge in [0.05, 0.1) is 24.4 Å². The van der Waals surface area contributed by atoms with Crippen molar-refractivity contribution in [3.63, 3.8) is 0 Å². The molecule has 2 N–H and O–H groups in total. The molecule has 15 heavy (non-hydrogen) atoms. The predicted octanol–water partition coefficient (Wildman–Crippen LogP) is 0.810. The maximum Gasteiger partial charge on any atom is 0.254 e. The molecule has 0 aliphatic heterocycles. The Bertz CT molecular complexity index is 296. The molecule has 1 aromatic rings. The number of methoxy groups -OCH3 is 1. The summed E-state index contributed by atoms with van der Waals surface area (Å²) in [6, 6.07) is 0.0254. The number of carbonyl (C=O) groups excluding carboxylic acids is 1. The Hall–Kier alpha value is -1.36. The lowest BCUT2D eigenvalue weighted by molar-refractivity contribution is 0.0866. The van der Waals surface area contributed by atoms with E-state index in [1.165, 1.54) is 6.20 Å². The number of H-pyrrole nitrogens is 1. The molecule has 1 unspecified atom stereocenters. The van der Waals surface area contributed by atoms with Crippen LogP contribution in [0, 0.1) is 5.92 Å². The van der Waals surface area contributed by atoms with E-state index in [-0.39, 0.29) is 11.9 Å². The number of rotatable bonds is 5. The van der Waals surface area contributed by atoms with Crippen LogP contribution in [0.15, 0.2) is 12.4 Å². The van der Waals surface area contributed by atoms with Gasteiger partial charge in [-0.2, -0.15) is 5.10 Å². The van der Waals surface area contributed by atoms with Gasteiger partial charge in [0, 0.05) is 13.3 Å². The highest BCUT2D eigenvalue weighted by Crippen LogP contribution is 2.03. The Balaban J connectivity index is 2.55. The molecule has 1 amide bonds. The first kappa shape index (κ1) is 11.7. The van der Waals surface area contributed by atoms with E-state index < -0.39 is 0 Å². The van der Waals surface area contributed by atoms with E-state index in [0.717, 1.165) is 0 Å². The van der Waals surface area contributed by atoms with Gasteiger partial charge in [-0.25, -0.2) is 0 Å². The average Bonchev–Trinajstić information content (AvgIpc) is 2.69. The standard InChI is InChI=1S/C10H17N3O2/c1-7(2)9(6-15-3)13-10(14)8-4-11-12-5-8/h4-5,7,9H,6H2,1-3H3,(H,11,12)(H,13,14). The Morgan fingerprint density at radius 1 is 1.67 bits per heavy atom. The number of nitrogens with one attached hydrogen (secondary N) is 2. The zero-order valence-electron chi connectivity index (χ0n) is 9.28. The van der Waals surface area contributed by atoms with Crippen molar-refractivity contribution >= 4 is 5.91 Å². The molecule has 1 aromatic heterocycles. The van der Waals surface area contributed by atoms with Gasteiger partial charge in [-0.3, -0.25) is 9.89 Å². The fraction of sp³-hybridized carbons (Fsp3) is 0.600. The Morgan fingerprint density at radius 3 is 2.87 bits per heavy atom. The molecule has 0 radical (unpaired) electrons. The predicted molar refractivity (Wildman–Crippen MR) is 56.6 cm³/mol. The van der Waals surface area contributed by atoms with Gasteiger partial charge < -0.3 is 10.1 Å². The third-order valence-corrected chi connectivity index (χ3v) is 2.23. The summed E-state index contributed by atoms with van der Waals surface area (Å²) in [6.07, 6.45) is 3.07. The van der Waals surface area contributed by atoms with Crippen LogP contribution in [0.25, 0.3) is 0 Å². The zero-order chi connectivity index (χ0) is 11.3. The van der Waals surface area contributed by atoms with Crippen molar-refractivity contribution in [2.75, 3.05) is 13.7 Å². The van der Waals surface area contributed by atoms with Crippen molar-refractivity contribution in [1.82, 2.24) is 15.5 Å². The summed E-state index contributed by atoms with van der Waals surface area (Å²) in [5.74, 6) is 0.209. The van der Waals surface area contributed by atoms with Crippen LogP contribution in [0.5, 0.6) is 0 Å². The first-order valence-electron chi connectivity index (χ1n) is 4.93. The fourth-order valence-corrected chi connectivity index (χ4v) is 1.21. The number of hydrogen-bond donors (Lipinski definition) is 2. The van der Waals surface area contributed by atoms with E-state index in [2.05, 4.69) is 15.5 Å². The maximum absolute atomic E-state index is 11.7. The molecule has 84 valence electrons. The molecule has 0 bridgehead atoms. The number of nitrogens with zero attached hydrogens (tertiary/aromatic N) is 1. The molecule has 1 heterocycles. The normalized spacial score (nSPS) is 12.8. The highest BCUT2D eigenvalue weighted by Gasteiger charge is 2.17. The molecule has 0 aromatic carbocycles. The minimum Gasteiger partial charge on any atom is -0.383 e. The smallest absolute Gasteiger partial charge is 0.254 e. The topological polar surface area (TPSA) is 67.0 Å². The van der Waals surface area contributed by atoms with Crippen LogP contribution in [0.1, 0.15) is 24.2 Å². The van der Waals surface area contributed by atoms with Crippen molar-refractivity contribution in [2.45, 2.75) is 19.9 Å². The van der Waals surface area contributed by atoms with Gasteiger partial charge in [0.1, 0.15) is 0 Å². The summed E-state index contributed by atoms with van der Waals surface area (Å²) in [6.45, 7) is 4.60. The Kier molecular flexibility index (Phi) is 4.30. The van der Waals surface area contributed by atoms with Gasteiger partial charge in [0.2, 0.25) is 0 Å². The second-order valence-corrected chi connectivity index (χ2v) is 3.77. The van der Waals surface area contributed by atoms with Gasteiger partial charge in [0.25, 0.3) is 5.91 Å². The summed E-state index contributed by atoms with van der Waals surface area (Å²) in [5.41, 5.74) is 0.539. The molecule has 0 fully saturated rings. The molecule has 0 saturated heterocycles. The number of hydrogen-bond acceptors (Lipinski definition) is 3. The Morgan fingerprint density at radius 2 is 2.40 bits per heavy atom. The number of ether oxygens (including phenoxy) is 1. The van der Waals surface area contributed by atoms with E-state index >= 15 is 0 Å². The summed E-state index contributed by atoms with van der Waals surface area (Å²) in [7, 11) is 1.62. The van der Waals surface area contributed by atoms with Crippen molar-refractivity contribution in [1.29, 1.82) is 0 Å². The minimum atomic E-state index is -0.125. The molecule has 0 aliphatic carbocycles. The lowest BCUT2D eigenvalue weighted by Crippen LogP contribution is -2.41. The third kappa shape index (κ3) is 3.36. The average molecular weight is 211 g/mol. The van der Waals surface area contributed by atoms with Crippen molar-refractivity contribution < 1.29 is 9.53 Å². The number of carbonyl (C=O) groups is 1. The molecular formula is C10H17N3O2. The van der Waals surface area contributed by atoms with Crippen LogP contribution in [-0.2, 0) is 4.74 Å². The van der Waals surface area contributed by atoms with Crippen molar-refractivity contribution in [3.8, 4) is 0 Å². The molecule has 0 aliphatic rings. The quantitative estimate of drug-likeness (QED) is 0.757. The van der Waals surface area contributed by atoms with Gasteiger partial charge in [-0.1, -0.05) is 13.8 Å². The van der Waals surface area contributed by atoms with Crippen molar-refractivity contribution in [3.05, 3.63) is 18.0 Å². The number of amides is 1. The highest BCUT2D eigenvalue weighted by atomic mass is 16.5. The van der Waals surface area contributed by atoms with E-state index in [1.54, 1.807) is 13.3 Å². The van der Waals surface area contributed by atoms with E-state index in [9.17, 15) is 4.79 Å². The molecule has 0 saturated carbocycles. The van der Waals surface area contributed by atoms with Gasteiger partial charge in [-0.05, 0) is 5.92 Å². The van der Waals surface area contributed by atoms with Crippen LogP contribution in [0.3, 0.4) is 0 Å². The largest absolute Gasteiger partial charge is 0.383 e. The minimum absolute atomic E-state index is 0.0254. The molecular weight excluding hydrogens is 194 g/mol. The second-order valence-electron chi connectivity index (χ2n) is 3.77. The third-order valence-electron chi connectivity index (χ3n) is 2.23. The molecule has 5 nitrogen and oxygen atoms in total. The molecule has 1 atom stereocenters. The fourth-order valence-electron chi connectivity index (χ4n) is 1.21. The second kappa shape index (κ2) is 5.50. The van der Waals surface area contributed by atoms with Crippen LogP contribution in [0.2, 0.25) is 0 Å². The van der Waals surface area contributed by atoms with Crippen LogP contribution < -0.4 is 5.32 Å². The van der Waals surface area contributed by atoms with E-state index in [0.29, 0.717) is 18.1 Å². The first-order valence-corrected chi connectivity index (χ1v) is 4.93. The first-order chi connectivity index (χ1) is 7.15. The van der Waals surface area contributed by atoms with Crippen molar-refractivity contribution in [2.24, 2.45) is 5.92 Å². The Labute approximate surface area is 89.2 Å². The summed E-state index contributed by atoms with van der Waals surface area (Å²) >= 11 is 0. The van der Waals surface area contributed by atoms with Gasteiger partial charge >= 0.3 is 0 Å². The summed E-state index contributed by atoms with van der Waals surface area (Å²) in [5, 5.41) is 9.22. The van der Waals surface area contributed by atoms with Crippen LogP contribution in [-0.4, -0.2) is 35.9 Å². The highest BCUT2D eigenvalue weighted by molar-refractivity contribution is 5.93.